The first-order chi connectivity index (χ1) is 12.5. The van der Waals surface area contributed by atoms with E-state index in [0.717, 1.165) is 15.2 Å². The van der Waals surface area contributed by atoms with Crippen LogP contribution < -0.4 is 0 Å². The topological polar surface area (TPSA) is 91.6 Å². The van der Waals surface area contributed by atoms with Crippen LogP contribution in [0.15, 0.2) is 48.5 Å². The van der Waals surface area contributed by atoms with Gasteiger partial charge in [-0.3, -0.25) is 10.1 Å². The van der Waals surface area contributed by atoms with Gasteiger partial charge in [0.1, 0.15) is 17.7 Å². The monoisotopic (exact) mass is 372 g/mol. The lowest BCUT2D eigenvalue weighted by Crippen LogP contribution is -2.15. The van der Waals surface area contributed by atoms with Crippen molar-refractivity contribution in [1.82, 2.24) is 4.98 Å². The van der Waals surface area contributed by atoms with Crippen LogP contribution in [-0.2, 0) is 20.9 Å². The van der Waals surface area contributed by atoms with Gasteiger partial charge in [0.25, 0.3) is 5.69 Å². The maximum absolute atomic E-state index is 11.9. The molecule has 3 aromatic rings. The molecule has 8 heteroatoms. The van der Waals surface area contributed by atoms with Crippen LogP contribution in [0.4, 0.5) is 5.69 Å². The average Bonchev–Trinajstić information content (AvgIpc) is 3.04. The Bertz CT molecular complexity index is 907. The van der Waals surface area contributed by atoms with E-state index >= 15 is 0 Å². The first kappa shape index (κ1) is 18.0. The van der Waals surface area contributed by atoms with E-state index in [0.29, 0.717) is 5.56 Å². The first-order valence-corrected chi connectivity index (χ1v) is 8.70. The van der Waals surface area contributed by atoms with Gasteiger partial charge in [-0.25, -0.2) is 9.78 Å². The molecule has 7 nitrogen and oxygen atoms in total. The summed E-state index contributed by atoms with van der Waals surface area (Å²) >= 11 is 1.51. The van der Waals surface area contributed by atoms with Gasteiger partial charge < -0.3 is 9.47 Å². The van der Waals surface area contributed by atoms with Crippen molar-refractivity contribution in [2.75, 3.05) is 6.61 Å². The number of benzene rings is 2. The minimum atomic E-state index is -0.603. The smallest absolute Gasteiger partial charge is 0.332 e. The van der Waals surface area contributed by atoms with E-state index in [1.807, 2.05) is 24.3 Å². The Labute approximate surface area is 153 Å². The number of nitrogens with zero attached hydrogens (tertiary/aromatic N) is 2. The zero-order valence-electron chi connectivity index (χ0n) is 14.0. The quantitative estimate of drug-likeness (QED) is 0.353. The summed E-state index contributed by atoms with van der Waals surface area (Å²) in [4.78, 5) is 26.7. The fraction of sp³-hybridized carbons (Fsp3) is 0.222. The number of nitro benzene ring substituents is 1. The maximum Gasteiger partial charge on any atom is 0.332 e. The molecular weight excluding hydrogens is 356 g/mol. The maximum atomic E-state index is 11.9. The number of esters is 1. The number of para-hydroxylation sites is 1. The summed E-state index contributed by atoms with van der Waals surface area (Å²) in [6, 6.07) is 13.8. The molecule has 0 aliphatic heterocycles. The standard InChI is InChI=1S/C18H16N2O5S/c1-12(13-5-4-6-14(9-13)20(22)23)25-18(21)11-24-10-17-19-15-7-2-3-8-16(15)26-17/h2-9,12H,10-11H2,1H3/t12-/m0/s1. The third-order valence-electron chi connectivity index (χ3n) is 3.64. The summed E-state index contributed by atoms with van der Waals surface area (Å²) in [5.41, 5.74) is 1.41. The molecule has 1 atom stereocenters. The largest absolute Gasteiger partial charge is 0.456 e. The molecule has 0 unspecified atom stereocenters. The van der Waals surface area contributed by atoms with Crippen LogP contribution in [0.1, 0.15) is 23.6 Å². The van der Waals surface area contributed by atoms with Gasteiger partial charge in [0.15, 0.2) is 0 Å². The van der Waals surface area contributed by atoms with Gasteiger partial charge in [0.2, 0.25) is 0 Å². The van der Waals surface area contributed by atoms with E-state index in [-0.39, 0.29) is 18.9 Å². The predicted octanol–water partition coefficient (Wildman–Crippen LogP) is 4.03. The fourth-order valence-electron chi connectivity index (χ4n) is 2.39. The molecule has 0 spiro atoms. The number of carbonyl (C=O) groups is 1. The second-order valence-electron chi connectivity index (χ2n) is 5.55. The minimum absolute atomic E-state index is 0.0440. The van der Waals surface area contributed by atoms with Gasteiger partial charge in [-0.15, -0.1) is 11.3 Å². The SMILES string of the molecule is C[C@H](OC(=O)COCc1nc2ccccc2s1)c1cccc([N+](=O)[O-])c1. The molecule has 0 amide bonds. The van der Waals surface area contributed by atoms with Gasteiger partial charge >= 0.3 is 5.97 Å². The van der Waals surface area contributed by atoms with E-state index in [2.05, 4.69) is 4.98 Å². The summed E-state index contributed by atoms with van der Waals surface area (Å²) in [6.45, 7) is 1.67. The number of ether oxygens (including phenoxy) is 2. The molecule has 3 rings (SSSR count). The second-order valence-corrected chi connectivity index (χ2v) is 6.67. The van der Waals surface area contributed by atoms with Crippen molar-refractivity contribution in [3.63, 3.8) is 0 Å². The fourth-order valence-corrected chi connectivity index (χ4v) is 3.30. The molecule has 1 heterocycles. The van der Waals surface area contributed by atoms with Gasteiger partial charge in [-0.1, -0.05) is 24.3 Å². The molecular formula is C18H16N2O5S. The Kier molecular flexibility index (Phi) is 5.55. The van der Waals surface area contributed by atoms with Gasteiger partial charge in [-0.05, 0) is 24.6 Å². The van der Waals surface area contributed by atoms with E-state index in [4.69, 9.17) is 9.47 Å². The number of fused-ring (bicyclic) bond motifs is 1. The van der Waals surface area contributed by atoms with Crippen molar-refractivity contribution in [3.05, 3.63) is 69.2 Å². The van der Waals surface area contributed by atoms with Crippen LogP contribution in [-0.4, -0.2) is 22.5 Å². The summed E-state index contributed by atoms with van der Waals surface area (Å²) in [5, 5.41) is 11.6. The van der Waals surface area contributed by atoms with Gasteiger partial charge in [0.05, 0.1) is 21.7 Å². The Morgan fingerprint density at radius 2 is 2.08 bits per heavy atom. The second kappa shape index (κ2) is 8.03. The molecule has 0 N–H and O–H groups in total. The number of hydrogen-bond acceptors (Lipinski definition) is 7. The molecule has 0 saturated carbocycles. The molecule has 26 heavy (non-hydrogen) atoms. The Morgan fingerprint density at radius 1 is 1.27 bits per heavy atom. The zero-order chi connectivity index (χ0) is 18.5. The third kappa shape index (κ3) is 4.41. The highest BCUT2D eigenvalue weighted by Gasteiger charge is 2.15. The lowest BCUT2D eigenvalue weighted by molar-refractivity contribution is -0.385. The van der Waals surface area contributed by atoms with E-state index in [1.54, 1.807) is 19.1 Å². The highest BCUT2D eigenvalue weighted by molar-refractivity contribution is 7.18. The number of nitro groups is 1. The van der Waals surface area contributed by atoms with Crippen molar-refractivity contribution in [2.45, 2.75) is 19.6 Å². The van der Waals surface area contributed by atoms with Crippen molar-refractivity contribution >= 4 is 33.2 Å². The molecule has 0 radical (unpaired) electrons. The normalized spacial score (nSPS) is 12.0. The lowest BCUT2D eigenvalue weighted by Gasteiger charge is -2.13. The van der Waals surface area contributed by atoms with Crippen LogP contribution in [0.25, 0.3) is 10.2 Å². The van der Waals surface area contributed by atoms with Crippen LogP contribution in [0.2, 0.25) is 0 Å². The summed E-state index contributed by atoms with van der Waals surface area (Å²) in [5.74, 6) is -0.537. The highest BCUT2D eigenvalue weighted by Crippen LogP contribution is 2.23. The van der Waals surface area contributed by atoms with Crippen molar-refractivity contribution in [1.29, 1.82) is 0 Å². The van der Waals surface area contributed by atoms with E-state index in [9.17, 15) is 14.9 Å². The van der Waals surface area contributed by atoms with Crippen LogP contribution in [0.3, 0.4) is 0 Å². The van der Waals surface area contributed by atoms with Crippen LogP contribution in [0, 0.1) is 10.1 Å². The highest BCUT2D eigenvalue weighted by atomic mass is 32.1. The van der Waals surface area contributed by atoms with Crippen LogP contribution >= 0.6 is 11.3 Å². The third-order valence-corrected chi connectivity index (χ3v) is 4.65. The Hall–Kier alpha value is -2.84. The molecule has 134 valence electrons. The first-order valence-electron chi connectivity index (χ1n) is 7.89. The van der Waals surface area contributed by atoms with Crippen molar-refractivity contribution in [3.8, 4) is 0 Å². The predicted molar refractivity (Wildman–Crippen MR) is 96.9 cm³/mol. The summed E-state index contributed by atoms with van der Waals surface area (Å²) in [6.07, 6.45) is -0.603. The Morgan fingerprint density at radius 3 is 2.85 bits per heavy atom. The summed E-state index contributed by atoms with van der Waals surface area (Å²) in [7, 11) is 0. The van der Waals surface area contributed by atoms with Gasteiger partial charge in [0, 0.05) is 12.1 Å². The number of aromatic nitrogens is 1. The van der Waals surface area contributed by atoms with Crippen LogP contribution in [0.5, 0.6) is 0 Å². The number of non-ortho nitro benzene ring substituents is 1. The van der Waals surface area contributed by atoms with Gasteiger partial charge in [-0.2, -0.15) is 0 Å². The molecule has 0 saturated heterocycles. The number of thiazole rings is 1. The Balaban J connectivity index is 1.50. The zero-order valence-corrected chi connectivity index (χ0v) is 14.8. The molecule has 0 aliphatic rings. The van der Waals surface area contributed by atoms with Crippen molar-refractivity contribution in [2.24, 2.45) is 0 Å². The minimum Gasteiger partial charge on any atom is -0.456 e. The number of carbonyl (C=O) groups excluding carboxylic acids is 1. The molecule has 0 aliphatic carbocycles. The molecule has 2 aromatic carbocycles. The molecule has 0 bridgehead atoms. The number of rotatable bonds is 7. The number of hydrogen-bond donors (Lipinski definition) is 0. The average molecular weight is 372 g/mol. The summed E-state index contributed by atoms with van der Waals surface area (Å²) < 4.78 is 11.7. The van der Waals surface area contributed by atoms with Crippen molar-refractivity contribution < 1.29 is 19.2 Å². The van der Waals surface area contributed by atoms with E-state index in [1.165, 1.54) is 23.5 Å². The van der Waals surface area contributed by atoms with E-state index < -0.39 is 17.0 Å². The lowest BCUT2D eigenvalue weighted by atomic mass is 10.1. The molecule has 1 aromatic heterocycles. The molecule has 0 fully saturated rings.